The van der Waals surface area contributed by atoms with Gasteiger partial charge in [0.15, 0.2) is 0 Å². The minimum atomic E-state index is 0. The molecule has 0 nitrogen and oxygen atoms in total. The molecule has 11 heavy (non-hydrogen) atoms. The summed E-state index contributed by atoms with van der Waals surface area (Å²) in [5.74, 6) is 0. The molecule has 0 atom stereocenters. The molecule has 0 aliphatic rings. The van der Waals surface area contributed by atoms with Gasteiger partial charge in [0.2, 0.25) is 0 Å². The van der Waals surface area contributed by atoms with Crippen molar-refractivity contribution in [2.45, 2.75) is 6.92 Å². The van der Waals surface area contributed by atoms with E-state index in [0.717, 1.165) is 67.7 Å². The molecule has 0 heterocycles. The molecule has 0 N–H and O–H groups in total. The molecule has 1 aromatic carbocycles. The quantitative estimate of drug-likeness (QED) is 0.502. The summed E-state index contributed by atoms with van der Waals surface area (Å²) in [6.45, 7) is 2.08. The third kappa shape index (κ3) is 14.6. The second kappa shape index (κ2) is 17.0. The molecule has 3 heteroatoms. The molecule has 46 valence electrons. The average molecular weight is 364 g/mol. The van der Waals surface area contributed by atoms with Crippen LogP contribution in [0.15, 0.2) is 30.3 Å². The molecule has 0 saturated carbocycles. The molecule has 0 radical (unpaired) electrons. The summed E-state index contributed by atoms with van der Waals surface area (Å²) in [6.07, 6.45) is 0. The van der Waals surface area contributed by atoms with Gasteiger partial charge in [-0.1, -0.05) is 35.9 Å². The van der Waals surface area contributed by atoms with Gasteiger partial charge in [-0.05, 0) is 6.92 Å². The Kier molecular flexibility index (Phi) is 32.5. The van der Waals surface area contributed by atoms with Crippen LogP contribution < -0.4 is 58.2 Å². The Morgan fingerprint density at radius 2 is 1.36 bits per heavy atom. The van der Waals surface area contributed by atoms with Crippen molar-refractivity contribution in [2.24, 2.45) is 0 Å². The van der Waals surface area contributed by atoms with Crippen LogP contribution in [0.4, 0.5) is 0 Å². The number of aryl methyl sites for hydroxylation is 1. The van der Waals surface area contributed by atoms with E-state index in [1.54, 1.807) is 0 Å². The molecule has 1 rings (SSSR count). The molecule has 0 spiro atoms. The zero-order valence-electron chi connectivity index (χ0n) is 8.39. The van der Waals surface area contributed by atoms with E-state index in [4.69, 9.17) is 0 Å². The van der Waals surface area contributed by atoms with Crippen molar-refractivity contribution < 1.29 is 58.2 Å². The fourth-order valence-electron chi connectivity index (χ4n) is 0.534. The van der Waals surface area contributed by atoms with Crippen molar-refractivity contribution >= 4 is 67.7 Å². The fraction of sp³-hybridized carbons (Fsp3) is 0.125. The van der Waals surface area contributed by atoms with Crippen molar-refractivity contribution in [3.05, 3.63) is 43.3 Å². The zero-order valence-corrected chi connectivity index (χ0v) is 23.1. The van der Waals surface area contributed by atoms with E-state index in [-0.39, 0.29) is 65.6 Å². The third-order valence-corrected chi connectivity index (χ3v) is 0.940. The Bertz CT molecular complexity index is 139. The van der Waals surface area contributed by atoms with Gasteiger partial charge in [0.25, 0.3) is 0 Å². The molecule has 0 aliphatic heterocycles. The Morgan fingerprint density at radius 1 is 1.00 bits per heavy atom. The summed E-state index contributed by atoms with van der Waals surface area (Å²) in [6, 6.07) is 10.3. The van der Waals surface area contributed by atoms with Crippen LogP contribution in [0.5, 0.6) is 0 Å². The van der Waals surface area contributed by atoms with E-state index in [9.17, 15) is 0 Å². The molecule has 0 unspecified atom stereocenters. The molecule has 0 bridgehead atoms. The summed E-state index contributed by atoms with van der Waals surface area (Å²) >= 11 is 2.32. The maximum absolute atomic E-state index is 2.08. The first-order valence-corrected chi connectivity index (χ1v) is 37.4. The second-order valence-electron chi connectivity index (χ2n) is 1.65. The van der Waals surface area contributed by atoms with Crippen LogP contribution in [0.1, 0.15) is 5.56 Å². The molecule has 0 fully saturated rings. The van der Waals surface area contributed by atoms with Crippen LogP contribution in [-0.4, -0.2) is 67.7 Å². The summed E-state index contributed by atoms with van der Waals surface area (Å²) in [7, 11) is 0. The zero-order chi connectivity index (χ0) is 7.11. The van der Waals surface area contributed by atoms with Crippen LogP contribution in [0.3, 0.4) is 0 Å². The van der Waals surface area contributed by atoms with Crippen LogP contribution >= 0.6 is 0 Å². The first-order chi connectivity index (χ1) is 4.39. The van der Waals surface area contributed by atoms with Gasteiger partial charge in [0.05, 0.1) is 0 Å². The molecular formula is C8H11Rb3. The summed E-state index contributed by atoms with van der Waals surface area (Å²) in [5.41, 5.74) is 1.32. The van der Waals surface area contributed by atoms with E-state index in [1.165, 1.54) is 5.56 Å². The normalized spacial score (nSPS) is 6.27. The van der Waals surface area contributed by atoms with Gasteiger partial charge in [-0.15, -0.1) is 0 Å². The fourth-order valence-corrected chi connectivity index (χ4v) is 0.534. The first kappa shape index (κ1) is 21.0. The number of rotatable bonds is 0. The van der Waals surface area contributed by atoms with Crippen LogP contribution in [0.2, 0.25) is 0 Å². The van der Waals surface area contributed by atoms with Crippen molar-refractivity contribution in [2.75, 3.05) is 0 Å². The number of hydrogen-bond acceptors (Lipinski definition) is 0. The molecule has 1 aromatic rings. The Labute approximate surface area is 168 Å². The molecular weight excluding hydrogens is 352 g/mol. The predicted molar refractivity (Wildman–Crippen MR) is 49.1 cm³/mol. The first-order valence-electron chi connectivity index (χ1n) is 3.41. The van der Waals surface area contributed by atoms with E-state index in [1.807, 2.05) is 18.2 Å². The van der Waals surface area contributed by atoms with E-state index < -0.39 is 0 Å². The van der Waals surface area contributed by atoms with Crippen molar-refractivity contribution in [1.29, 1.82) is 0 Å². The standard InChI is InChI=1S/C7H8.CH3.3Rb/c1-7-5-3-2-4-6-7;;;;/h2-6H,1H3;1H3;;;/q;-1;;;+1. The predicted octanol–water partition coefficient (Wildman–Crippen LogP) is -1.31. The maximum atomic E-state index is 2.08. The van der Waals surface area contributed by atoms with Gasteiger partial charge < -0.3 is 7.43 Å². The minimum absolute atomic E-state index is 0. The van der Waals surface area contributed by atoms with Gasteiger partial charge in [-0.25, -0.2) is 0 Å². The van der Waals surface area contributed by atoms with E-state index in [0.29, 0.717) is 0 Å². The SMILES string of the molecule is Cc1ccccc1.[CH3-].[Rb+].[Rb][Rb]. The van der Waals surface area contributed by atoms with Gasteiger partial charge in [-0.3, -0.25) is 0 Å². The Morgan fingerprint density at radius 3 is 1.55 bits per heavy atom. The average Bonchev–Trinajstić information content (AvgIpc) is 1.94. The third-order valence-electron chi connectivity index (χ3n) is 0.940. The molecule has 0 saturated heterocycles. The van der Waals surface area contributed by atoms with Crippen LogP contribution in [0.25, 0.3) is 0 Å². The van der Waals surface area contributed by atoms with Crippen molar-refractivity contribution in [3.8, 4) is 0 Å². The van der Waals surface area contributed by atoms with Gasteiger partial charge in [0, 0.05) is 0 Å². The number of hydrogen-bond donors (Lipinski definition) is 0. The summed E-state index contributed by atoms with van der Waals surface area (Å²) in [4.78, 5) is 0. The summed E-state index contributed by atoms with van der Waals surface area (Å²) in [5, 5.41) is 0. The van der Waals surface area contributed by atoms with Crippen molar-refractivity contribution in [1.82, 2.24) is 0 Å². The van der Waals surface area contributed by atoms with Crippen LogP contribution in [0, 0.1) is 14.4 Å². The molecule has 0 aromatic heterocycles. The van der Waals surface area contributed by atoms with Gasteiger partial charge >= 0.3 is 126 Å². The Hall–Kier alpha value is 4.64. The van der Waals surface area contributed by atoms with E-state index in [2.05, 4.69) is 19.1 Å². The monoisotopic (exact) mass is 362 g/mol. The van der Waals surface area contributed by atoms with Gasteiger partial charge in [0.1, 0.15) is 0 Å². The Balaban J connectivity index is -0.000000149. The second-order valence-corrected chi connectivity index (χ2v) is 1.65. The van der Waals surface area contributed by atoms with Crippen molar-refractivity contribution in [3.63, 3.8) is 0 Å². The summed E-state index contributed by atoms with van der Waals surface area (Å²) < 4.78 is 0. The molecule has 0 amide bonds. The number of benzene rings is 1. The van der Waals surface area contributed by atoms with E-state index >= 15 is 0 Å². The van der Waals surface area contributed by atoms with Gasteiger partial charge in [-0.2, -0.15) is 0 Å². The topological polar surface area (TPSA) is 0 Å². The van der Waals surface area contributed by atoms with Crippen LogP contribution in [-0.2, 0) is 0 Å². The molecule has 0 aliphatic carbocycles.